The van der Waals surface area contributed by atoms with Crippen molar-refractivity contribution in [2.45, 2.75) is 6.42 Å². The molecule has 0 bridgehead atoms. The van der Waals surface area contributed by atoms with E-state index in [0.29, 0.717) is 0 Å². The van der Waals surface area contributed by atoms with Crippen molar-refractivity contribution in [3.05, 3.63) is 23.3 Å². The summed E-state index contributed by atoms with van der Waals surface area (Å²) in [4.78, 5) is 22.0. The number of ether oxygens (including phenoxy) is 2. The maximum Gasteiger partial charge on any atom is 0.341 e. The Labute approximate surface area is 97.4 Å². The topological polar surface area (TPSA) is 93.1 Å². The molecule has 0 heterocycles. The molecule has 1 aromatic carbocycles. The number of rotatable bonds is 4. The number of carbonyl (C=O) groups is 2. The van der Waals surface area contributed by atoms with Crippen molar-refractivity contribution in [1.82, 2.24) is 0 Å². The molecule has 1 aromatic rings. The van der Waals surface area contributed by atoms with Crippen molar-refractivity contribution in [1.29, 1.82) is 0 Å². The van der Waals surface area contributed by atoms with Gasteiger partial charge < -0.3 is 19.7 Å². The molecule has 0 aliphatic carbocycles. The van der Waals surface area contributed by atoms with Crippen LogP contribution < -0.4 is 4.74 Å². The molecule has 0 aliphatic rings. The summed E-state index contributed by atoms with van der Waals surface area (Å²) >= 11 is 0. The standard InChI is InChI=1S/C11H12O6/c1-16-9-5-8(12)6(4-10(13)14)3-7(9)11(15)17-2/h3,5,12H,4H2,1-2H3,(H,13,14). The van der Waals surface area contributed by atoms with Crippen molar-refractivity contribution in [2.75, 3.05) is 14.2 Å². The van der Waals surface area contributed by atoms with E-state index in [-0.39, 0.29) is 29.0 Å². The van der Waals surface area contributed by atoms with Crippen LogP contribution in [0.3, 0.4) is 0 Å². The van der Waals surface area contributed by atoms with Crippen LogP contribution in [0.5, 0.6) is 11.5 Å². The second-order valence-corrected chi connectivity index (χ2v) is 3.24. The average molecular weight is 240 g/mol. The molecule has 0 amide bonds. The van der Waals surface area contributed by atoms with Gasteiger partial charge in [-0.15, -0.1) is 0 Å². The lowest BCUT2D eigenvalue weighted by molar-refractivity contribution is -0.136. The molecule has 17 heavy (non-hydrogen) atoms. The Balaban J connectivity index is 3.26. The van der Waals surface area contributed by atoms with Gasteiger partial charge in [0.1, 0.15) is 17.1 Å². The first kappa shape index (κ1) is 12.8. The van der Waals surface area contributed by atoms with Crippen molar-refractivity contribution >= 4 is 11.9 Å². The van der Waals surface area contributed by atoms with E-state index in [9.17, 15) is 14.7 Å². The van der Waals surface area contributed by atoms with Crippen LogP contribution in [-0.4, -0.2) is 36.4 Å². The van der Waals surface area contributed by atoms with E-state index in [2.05, 4.69) is 4.74 Å². The molecule has 0 unspecified atom stereocenters. The third kappa shape index (κ3) is 2.87. The highest BCUT2D eigenvalue weighted by Gasteiger charge is 2.17. The Morgan fingerprint density at radius 2 is 1.94 bits per heavy atom. The predicted octanol–water partition coefficient (Wildman–Crippen LogP) is 0.814. The summed E-state index contributed by atoms with van der Waals surface area (Å²) in [6.07, 6.45) is -0.389. The minimum atomic E-state index is -1.11. The van der Waals surface area contributed by atoms with Gasteiger partial charge in [0.15, 0.2) is 0 Å². The maximum absolute atomic E-state index is 11.4. The van der Waals surface area contributed by atoms with E-state index in [1.165, 1.54) is 26.4 Å². The summed E-state index contributed by atoms with van der Waals surface area (Å²) in [7, 11) is 2.53. The molecule has 6 nitrogen and oxygen atoms in total. The Morgan fingerprint density at radius 3 is 2.41 bits per heavy atom. The van der Waals surface area contributed by atoms with Crippen LogP contribution in [0.25, 0.3) is 0 Å². The summed E-state index contributed by atoms with van der Waals surface area (Å²) in [6, 6.07) is 2.43. The Morgan fingerprint density at radius 1 is 1.29 bits per heavy atom. The van der Waals surface area contributed by atoms with Crippen LogP contribution in [0.2, 0.25) is 0 Å². The number of hydrogen-bond donors (Lipinski definition) is 2. The molecule has 6 heteroatoms. The molecule has 1 rings (SSSR count). The van der Waals surface area contributed by atoms with Gasteiger partial charge in [0.2, 0.25) is 0 Å². The van der Waals surface area contributed by atoms with Crippen LogP contribution in [0.15, 0.2) is 12.1 Å². The van der Waals surface area contributed by atoms with Crippen molar-refractivity contribution < 1.29 is 29.3 Å². The number of methoxy groups -OCH3 is 2. The molecule has 0 atom stereocenters. The largest absolute Gasteiger partial charge is 0.508 e. The van der Waals surface area contributed by atoms with Gasteiger partial charge in [-0.1, -0.05) is 0 Å². The van der Waals surface area contributed by atoms with Crippen LogP contribution >= 0.6 is 0 Å². The van der Waals surface area contributed by atoms with Gasteiger partial charge in [0, 0.05) is 11.6 Å². The molecule has 0 fully saturated rings. The number of aliphatic carboxylic acids is 1. The van der Waals surface area contributed by atoms with Gasteiger partial charge in [-0.3, -0.25) is 4.79 Å². The van der Waals surface area contributed by atoms with Crippen LogP contribution in [0.4, 0.5) is 0 Å². The first-order valence-corrected chi connectivity index (χ1v) is 4.69. The SMILES string of the molecule is COC(=O)c1cc(CC(=O)O)c(O)cc1OC. The van der Waals surface area contributed by atoms with E-state index in [0.717, 1.165) is 0 Å². The summed E-state index contributed by atoms with van der Waals surface area (Å²) in [5.74, 6) is -1.88. The lowest BCUT2D eigenvalue weighted by atomic mass is 10.1. The fraction of sp³-hybridized carbons (Fsp3) is 0.273. The van der Waals surface area contributed by atoms with Gasteiger partial charge in [-0.25, -0.2) is 4.79 Å². The summed E-state index contributed by atoms with van der Waals surface area (Å²) in [5, 5.41) is 18.2. The number of benzene rings is 1. The van der Waals surface area contributed by atoms with Gasteiger partial charge in [-0.2, -0.15) is 0 Å². The van der Waals surface area contributed by atoms with Gasteiger partial charge in [-0.05, 0) is 6.07 Å². The minimum absolute atomic E-state index is 0.0732. The number of phenols is 1. The summed E-state index contributed by atoms with van der Waals surface area (Å²) < 4.78 is 9.43. The highest BCUT2D eigenvalue weighted by molar-refractivity contribution is 5.93. The molecule has 0 aromatic heterocycles. The molecule has 92 valence electrons. The lowest BCUT2D eigenvalue weighted by Gasteiger charge is -2.10. The zero-order chi connectivity index (χ0) is 13.0. The normalized spacial score (nSPS) is 9.76. The minimum Gasteiger partial charge on any atom is -0.508 e. The number of carboxylic acid groups (broad SMARTS) is 1. The fourth-order valence-corrected chi connectivity index (χ4v) is 1.36. The number of carboxylic acids is 1. The van der Waals surface area contributed by atoms with Crippen LogP contribution in [-0.2, 0) is 16.0 Å². The number of esters is 1. The molecular formula is C11H12O6. The highest BCUT2D eigenvalue weighted by atomic mass is 16.5. The second kappa shape index (κ2) is 5.20. The quantitative estimate of drug-likeness (QED) is 0.756. The molecular weight excluding hydrogens is 228 g/mol. The molecule has 0 radical (unpaired) electrons. The summed E-state index contributed by atoms with van der Waals surface area (Å²) in [5.41, 5.74) is 0.197. The molecule has 2 N–H and O–H groups in total. The first-order valence-electron chi connectivity index (χ1n) is 4.69. The molecule has 0 spiro atoms. The van der Waals surface area contributed by atoms with Crippen molar-refractivity contribution in [2.24, 2.45) is 0 Å². The zero-order valence-corrected chi connectivity index (χ0v) is 9.39. The van der Waals surface area contributed by atoms with E-state index >= 15 is 0 Å². The number of hydrogen-bond acceptors (Lipinski definition) is 5. The lowest BCUT2D eigenvalue weighted by Crippen LogP contribution is -2.07. The Hall–Kier alpha value is -2.24. The third-order valence-electron chi connectivity index (χ3n) is 2.15. The Kier molecular flexibility index (Phi) is 3.92. The van der Waals surface area contributed by atoms with E-state index in [4.69, 9.17) is 9.84 Å². The van der Waals surface area contributed by atoms with Gasteiger partial charge >= 0.3 is 11.9 Å². The fourth-order valence-electron chi connectivity index (χ4n) is 1.36. The van der Waals surface area contributed by atoms with Gasteiger partial charge in [0.05, 0.1) is 20.6 Å². The third-order valence-corrected chi connectivity index (χ3v) is 2.15. The number of aromatic hydroxyl groups is 1. The van der Waals surface area contributed by atoms with Crippen LogP contribution in [0, 0.1) is 0 Å². The van der Waals surface area contributed by atoms with E-state index in [1.54, 1.807) is 0 Å². The van der Waals surface area contributed by atoms with Gasteiger partial charge in [0.25, 0.3) is 0 Å². The van der Waals surface area contributed by atoms with Crippen LogP contribution in [0.1, 0.15) is 15.9 Å². The average Bonchev–Trinajstić information content (AvgIpc) is 2.29. The molecule has 0 aliphatic heterocycles. The maximum atomic E-state index is 11.4. The van der Waals surface area contributed by atoms with Crippen molar-refractivity contribution in [3.8, 4) is 11.5 Å². The van der Waals surface area contributed by atoms with E-state index in [1.807, 2.05) is 0 Å². The second-order valence-electron chi connectivity index (χ2n) is 3.24. The smallest absolute Gasteiger partial charge is 0.341 e. The zero-order valence-electron chi connectivity index (χ0n) is 9.39. The number of carbonyl (C=O) groups excluding carboxylic acids is 1. The molecule has 0 saturated heterocycles. The van der Waals surface area contributed by atoms with E-state index < -0.39 is 11.9 Å². The molecule has 0 saturated carbocycles. The summed E-state index contributed by atoms with van der Waals surface area (Å²) in [6.45, 7) is 0. The Bertz CT molecular complexity index is 452. The van der Waals surface area contributed by atoms with Crippen molar-refractivity contribution in [3.63, 3.8) is 0 Å². The highest BCUT2D eigenvalue weighted by Crippen LogP contribution is 2.29. The number of phenolic OH excluding ortho intramolecular Hbond substituents is 1. The predicted molar refractivity (Wildman–Crippen MR) is 57.3 cm³/mol. The first-order chi connectivity index (χ1) is 7.99. The monoisotopic (exact) mass is 240 g/mol.